The van der Waals surface area contributed by atoms with Crippen LogP contribution in [0.4, 0.5) is 5.82 Å². The molecule has 3 aliphatic rings. The molecule has 5 rings (SSSR count). The van der Waals surface area contributed by atoms with Crippen LogP contribution in [0.1, 0.15) is 25.7 Å². The third kappa shape index (κ3) is 4.96. The monoisotopic (exact) mass is 433 g/mol. The van der Waals surface area contributed by atoms with Gasteiger partial charge in [-0.25, -0.2) is 9.97 Å². The number of likely N-dealkylation sites (tertiary alicyclic amines) is 1. The van der Waals surface area contributed by atoms with Crippen LogP contribution >= 0.6 is 0 Å². The molecule has 0 amide bonds. The molecule has 2 aromatic rings. The van der Waals surface area contributed by atoms with E-state index in [0.29, 0.717) is 17.9 Å². The van der Waals surface area contributed by atoms with Crippen molar-refractivity contribution in [1.29, 1.82) is 0 Å². The zero-order valence-corrected chi connectivity index (χ0v) is 17.7. The largest absolute Gasteiger partial charge is 0.483 e. The Balaban J connectivity index is 0.000000411. The Morgan fingerprint density at radius 2 is 1.65 bits per heavy atom. The Kier molecular flexibility index (Phi) is 7.80. The molecular formula is C21H31N5O5. The lowest BCUT2D eigenvalue weighted by Crippen LogP contribution is -2.48. The lowest BCUT2D eigenvalue weighted by atomic mass is 9.77. The normalized spacial score (nSPS) is 27.6. The fourth-order valence-electron chi connectivity index (χ4n) is 5.36. The van der Waals surface area contributed by atoms with Crippen LogP contribution in [0.15, 0.2) is 18.6 Å². The van der Waals surface area contributed by atoms with Crippen molar-refractivity contribution in [3.63, 3.8) is 0 Å². The number of rotatable bonds is 2. The standard InChI is InChI=1S/C19H27N5O.2CH2O2/c1-22-7-4-15-18(22)20-12-21-19(15)24-10-13-8-16(23-5-2-3-6-23)17(25)9-14(13)11-24;2*2-1-3/h4,7,12-14,16-17,25H,2-3,5-6,8-11H2,1H3;2*1H,(H,2,3)/t13-,14+,16-,17-;;/m1../s1. The quantitative estimate of drug-likeness (QED) is 0.594. The molecule has 31 heavy (non-hydrogen) atoms. The average molecular weight is 434 g/mol. The Hall–Kier alpha value is -2.72. The Morgan fingerprint density at radius 3 is 2.29 bits per heavy atom. The summed E-state index contributed by atoms with van der Waals surface area (Å²) in [5.74, 6) is 2.32. The molecule has 3 N–H and O–H groups in total. The highest BCUT2D eigenvalue weighted by Crippen LogP contribution is 2.41. The molecule has 1 saturated carbocycles. The highest BCUT2D eigenvalue weighted by Gasteiger charge is 2.44. The predicted molar refractivity (Wildman–Crippen MR) is 115 cm³/mol. The summed E-state index contributed by atoms with van der Waals surface area (Å²) < 4.78 is 2.05. The van der Waals surface area contributed by atoms with E-state index in [0.717, 1.165) is 42.8 Å². The molecule has 10 nitrogen and oxygen atoms in total. The fourth-order valence-corrected chi connectivity index (χ4v) is 5.36. The molecule has 4 heterocycles. The first kappa shape index (κ1) is 23.0. The van der Waals surface area contributed by atoms with Crippen LogP contribution in [-0.2, 0) is 16.6 Å². The van der Waals surface area contributed by atoms with E-state index >= 15 is 0 Å². The van der Waals surface area contributed by atoms with Crippen LogP contribution < -0.4 is 4.90 Å². The van der Waals surface area contributed by atoms with Gasteiger partial charge in [0.15, 0.2) is 0 Å². The second-order valence-electron chi connectivity index (χ2n) is 8.35. The molecule has 3 fully saturated rings. The van der Waals surface area contributed by atoms with E-state index in [9.17, 15) is 5.11 Å². The average Bonchev–Trinajstić information content (AvgIpc) is 3.48. The maximum absolute atomic E-state index is 10.7. The number of aromatic nitrogens is 3. The summed E-state index contributed by atoms with van der Waals surface area (Å²) in [7, 11) is 2.03. The van der Waals surface area contributed by atoms with Gasteiger partial charge in [-0.3, -0.25) is 14.5 Å². The van der Waals surface area contributed by atoms with E-state index in [1.807, 2.05) is 7.05 Å². The smallest absolute Gasteiger partial charge is 0.290 e. The van der Waals surface area contributed by atoms with Crippen LogP contribution in [0.2, 0.25) is 0 Å². The molecule has 2 aliphatic heterocycles. The molecule has 10 heteroatoms. The Morgan fingerprint density at radius 1 is 1.03 bits per heavy atom. The Bertz CT molecular complexity index is 863. The number of anilines is 1. The van der Waals surface area contributed by atoms with Crippen molar-refractivity contribution in [1.82, 2.24) is 19.4 Å². The number of aliphatic hydroxyl groups is 1. The van der Waals surface area contributed by atoms with Crippen molar-refractivity contribution in [2.45, 2.75) is 37.8 Å². The number of aliphatic hydroxyl groups excluding tert-OH is 1. The number of fused-ring (bicyclic) bond motifs is 2. The minimum Gasteiger partial charge on any atom is -0.483 e. The number of hydrogen-bond acceptors (Lipinski definition) is 7. The first-order valence-electron chi connectivity index (χ1n) is 10.6. The fraction of sp³-hybridized carbons (Fsp3) is 0.619. The van der Waals surface area contributed by atoms with Crippen molar-refractivity contribution in [2.75, 3.05) is 31.1 Å². The summed E-state index contributed by atoms with van der Waals surface area (Å²) in [6.07, 6.45) is 8.21. The molecule has 0 unspecified atom stereocenters. The number of aryl methyl sites for hydroxylation is 1. The SMILES string of the molecule is Cn1ccc2c(N3C[C@H]4C[C@@H](N5CCCC5)[C@H](O)C[C@H]4C3)ncnc21.O=CO.O=CO. The van der Waals surface area contributed by atoms with Gasteiger partial charge in [0.25, 0.3) is 12.9 Å². The van der Waals surface area contributed by atoms with Crippen molar-refractivity contribution >= 4 is 29.8 Å². The summed E-state index contributed by atoms with van der Waals surface area (Å²) >= 11 is 0. The van der Waals surface area contributed by atoms with Gasteiger partial charge in [0.2, 0.25) is 0 Å². The summed E-state index contributed by atoms with van der Waals surface area (Å²) in [5, 5.41) is 25.6. The third-order valence-corrected chi connectivity index (χ3v) is 6.66. The number of carboxylic acid groups (broad SMARTS) is 2. The molecular weight excluding hydrogens is 402 g/mol. The second kappa shape index (κ2) is 10.5. The summed E-state index contributed by atoms with van der Waals surface area (Å²) in [6.45, 7) is 3.90. The van der Waals surface area contributed by atoms with Gasteiger partial charge < -0.3 is 24.8 Å². The third-order valence-electron chi connectivity index (χ3n) is 6.66. The van der Waals surface area contributed by atoms with Gasteiger partial charge in [-0.2, -0.15) is 0 Å². The van der Waals surface area contributed by atoms with Gasteiger partial charge in [0.1, 0.15) is 17.8 Å². The minimum absolute atomic E-state index is 0.165. The molecule has 170 valence electrons. The molecule has 0 radical (unpaired) electrons. The maximum atomic E-state index is 10.7. The summed E-state index contributed by atoms with van der Waals surface area (Å²) in [6, 6.07) is 2.49. The topological polar surface area (TPSA) is 132 Å². The van der Waals surface area contributed by atoms with E-state index in [1.54, 1.807) is 6.33 Å². The first-order chi connectivity index (χ1) is 15.0. The zero-order valence-electron chi connectivity index (χ0n) is 17.7. The Labute approximate surface area is 181 Å². The van der Waals surface area contributed by atoms with Gasteiger partial charge in [0.05, 0.1) is 11.5 Å². The second-order valence-corrected chi connectivity index (χ2v) is 8.35. The first-order valence-corrected chi connectivity index (χ1v) is 10.6. The van der Waals surface area contributed by atoms with E-state index in [1.165, 1.54) is 25.9 Å². The molecule has 2 aromatic heterocycles. The molecule has 0 bridgehead atoms. The van der Waals surface area contributed by atoms with Crippen molar-refractivity contribution in [2.24, 2.45) is 18.9 Å². The van der Waals surface area contributed by atoms with Crippen molar-refractivity contribution < 1.29 is 24.9 Å². The minimum atomic E-state index is -0.250. The van der Waals surface area contributed by atoms with Crippen molar-refractivity contribution in [3.8, 4) is 0 Å². The van der Waals surface area contributed by atoms with Crippen LogP contribution in [0.3, 0.4) is 0 Å². The number of hydrogen-bond donors (Lipinski definition) is 3. The number of nitrogens with zero attached hydrogens (tertiary/aromatic N) is 5. The van der Waals surface area contributed by atoms with Gasteiger partial charge in [-0.05, 0) is 56.7 Å². The van der Waals surface area contributed by atoms with Crippen molar-refractivity contribution in [3.05, 3.63) is 18.6 Å². The highest BCUT2D eigenvalue weighted by atomic mass is 16.3. The van der Waals surface area contributed by atoms with E-state index < -0.39 is 0 Å². The van der Waals surface area contributed by atoms with Gasteiger partial charge in [-0.1, -0.05) is 0 Å². The molecule has 0 spiro atoms. The van der Waals surface area contributed by atoms with Crippen LogP contribution in [0, 0.1) is 11.8 Å². The number of carbonyl (C=O) groups is 2. The van der Waals surface area contributed by atoms with E-state index in [-0.39, 0.29) is 19.0 Å². The molecule has 4 atom stereocenters. The van der Waals surface area contributed by atoms with E-state index in [2.05, 4.69) is 36.6 Å². The van der Waals surface area contributed by atoms with Gasteiger partial charge in [-0.15, -0.1) is 0 Å². The predicted octanol–water partition coefficient (Wildman–Crippen LogP) is 1.04. The zero-order chi connectivity index (χ0) is 22.4. The van der Waals surface area contributed by atoms with E-state index in [4.69, 9.17) is 19.8 Å². The van der Waals surface area contributed by atoms with Crippen LogP contribution in [0.5, 0.6) is 0 Å². The van der Waals surface area contributed by atoms with Crippen LogP contribution in [0.25, 0.3) is 11.0 Å². The molecule has 0 aromatic carbocycles. The lowest BCUT2D eigenvalue weighted by Gasteiger charge is -2.40. The van der Waals surface area contributed by atoms with Gasteiger partial charge in [0, 0.05) is 32.4 Å². The molecule has 1 aliphatic carbocycles. The highest BCUT2D eigenvalue weighted by molar-refractivity contribution is 5.87. The maximum Gasteiger partial charge on any atom is 0.290 e. The summed E-state index contributed by atoms with van der Waals surface area (Å²) in [5.41, 5.74) is 0.995. The summed E-state index contributed by atoms with van der Waals surface area (Å²) in [4.78, 5) is 30.7. The van der Waals surface area contributed by atoms with Crippen LogP contribution in [-0.4, -0.2) is 86.0 Å². The lowest BCUT2D eigenvalue weighted by molar-refractivity contribution is -0.123. The van der Waals surface area contributed by atoms with Gasteiger partial charge >= 0.3 is 0 Å². The molecule has 2 saturated heterocycles.